The Kier molecular flexibility index (Phi) is 3.93. The number of hydrogen-bond donors (Lipinski definition) is 0. The van der Waals surface area contributed by atoms with Crippen molar-refractivity contribution in [1.29, 1.82) is 0 Å². The Morgan fingerprint density at radius 2 is 1.94 bits per heavy atom. The van der Waals surface area contributed by atoms with Crippen molar-refractivity contribution >= 4 is 17.3 Å². The molecule has 0 fully saturated rings. The number of aromatic nitrogens is 1. The van der Waals surface area contributed by atoms with E-state index in [9.17, 15) is 0 Å². The summed E-state index contributed by atoms with van der Waals surface area (Å²) >= 11 is 1.97. The monoisotopic (exact) mass is 247 g/mol. The van der Waals surface area contributed by atoms with Crippen LogP contribution in [0.1, 0.15) is 51.3 Å². The predicted octanol–water partition coefficient (Wildman–Crippen LogP) is 4.74. The first-order valence-electron chi connectivity index (χ1n) is 6.43. The van der Waals surface area contributed by atoms with Gasteiger partial charge in [0, 0.05) is 22.4 Å². The highest BCUT2D eigenvalue weighted by molar-refractivity contribution is 7.99. The number of nitrogens with zero attached hydrogens (tertiary/aromatic N) is 1. The van der Waals surface area contributed by atoms with Gasteiger partial charge in [-0.1, -0.05) is 33.8 Å². The first-order chi connectivity index (χ1) is 8.11. The fourth-order valence-electron chi connectivity index (χ4n) is 2.32. The number of rotatable bonds is 2. The zero-order chi connectivity index (χ0) is 12.4. The second-order valence-electron chi connectivity index (χ2n) is 5.18. The molecular formula is C15H21NS. The minimum atomic E-state index is 0.491. The third-order valence-electron chi connectivity index (χ3n) is 3.14. The Labute approximate surface area is 109 Å². The van der Waals surface area contributed by atoms with Crippen molar-refractivity contribution in [1.82, 2.24) is 4.98 Å². The van der Waals surface area contributed by atoms with Gasteiger partial charge < -0.3 is 0 Å². The second kappa shape index (κ2) is 5.26. The maximum atomic E-state index is 4.61. The molecule has 0 N–H and O–H groups in total. The first-order valence-corrected chi connectivity index (χ1v) is 7.42. The predicted molar refractivity (Wildman–Crippen MR) is 76.5 cm³/mol. The Morgan fingerprint density at radius 1 is 1.18 bits per heavy atom. The third kappa shape index (κ3) is 2.57. The summed E-state index contributed by atoms with van der Waals surface area (Å²) in [5, 5.41) is 0. The molecule has 1 nitrogen and oxygen atoms in total. The number of hydrogen-bond acceptors (Lipinski definition) is 2. The van der Waals surface area contributed by atoms with Gasteiger partial charge >= 0.3 is 0 Å². The third-order valence-corrected chi connectivity index (χ3v) is 4.23. The zero-order valence-corrected chi connectivity index (χ0v) is 12.0. The maximum Gasteiger partial charge on any atom is 0.0515 e. The van der Waals surface area contributed by atoms with Crippen molar-refractivity contribution < 1.29 is 0 Å². The van der Waals surface area contributed by atoms with E-state index in [4.69, 9.17) is 0 Å². The molecule has 1 aromatic rings. The van der Waals surface area contributed by atoms with Gasteiger partial charge in [0.1, 0.15) is 0 Å². The minimum Gasteiger partial charge on any atom is -0.260 e. The molecule has 92 valence electrons. The van der Waals surface area contributed by atoms with Crippen LogP contribution in [0, 0.1) is 5.92 Å². The van der Waals surface area contributed by atoms with Gasteiger partial charge in [-0.3, -0.25) is 4.98 Å². The second-order valence-corrected chi connectivity index (χ2v) is 6.31. The molecule has 1 aliphatic rings. The summed E-state index contributed by atoms with van der Waals surface area (Å²) in [4.78, 5) is 6.03. The van der Waals surface area contributed by atoms with Gasteiger partial charge in [0.25, 0.3) is 0 Å². The summed E-state index contributed by atoms with van der Waals surface area (Å²) < 4.78 is 0. The van der Waals surface area contributed by atoms with Gasteiger partial charge in [0.2, 0.25) is 0 Å². The maximum absolute atomic E-state index is 4.61. The summed E-state index contributed by atoms with van der Waals surface area (Å²) in [6.07, 6.45) is 5.55. The van der Waals surface area contributed by atoms with Crippen molar-refractivity contribution in [3.05, 3.63) is 29.6 Å². The van der Waals surface area contributed by atoms with Gasteiger partial charge in [0.05, 0.1) is 5.69 Å². The van der Waals surface area contributed by atoms with Crippen molar-refractivity contribution in [3.63, 3.8) is 0 Å². The molecule has 0 unspecified atom stereocenters. The molecule has 2 heterocycles. The summed E-state index contributed by atoms with van der Waals surface area (Å²) in [5.74, 6) is 2.25. The van der Waals surface area contributed by atoms with Crippen LogP contribution in [0.15, 0.2) is 23.2 Å². The highest BCUT2D eigenvalue weighted by Crippen LogP contribution is 2.39. The molecule has 1 aliphatic heterocycles. The van der Waals surface area contributed by atoms with E-state index in [0.717, 1.165) is 0 Å². The molecule has 0 bridgehead atoms. The molecule has 0 radical (unpaired) electrons. The molecule has 0 saturated heterocycles. The summed E-state index contributed by atoms with van der Waals surface area (Å²) in [5.41, 5.74) is 4.17. The van der Waals surface area contributed by atoms with Crippen molar-refractivity contribution in [2.24, 2.45) is 5.92 Å². The molecular weight excluding hydrogens is 226 g/mol. The fraction of sp³-hybridized carbons (Fsp3) is 0.533. The van der Waals surface area contributed by atoms with Gasteiger partial charge in [-0.25, -0.2) is 0 Å². The van der Waals surface area contributed by atoms with Gasteiger partial charge in [-0.15, -0.1) is 11.8 Å². The van der Waals surface area contributed by atoms with E-state index in [2.05, 4.69) is 44.8 Å². The van der Waals surface area contributed by atoms with Crippen molar-refractivity contribution in [2.75, 3.05) is 5.75 Å². The Bertz CT molecular complexity index is 433. The van der Waals surface area contributed by atoms with E-state index in [-0.39, 0.29) is 0 Å². The van der Waals surface area contributed by atoms with Crippen LogP contribution < -0.4 is 0 Å². The fourth-order valence-corrected chi connectivity index (χ4v) is 3.30. The number of thioether (sulfide) groups is 1. The van der Waals surface area contributed by atoms with E-state index in [0.29, 0.717) is 11.8 Å². The Morgan fingerprint density at radius 3 is 2.59 bits per heavy atom. The van der Waals surface area contributed by atoms with E-state index in [1.165, 1.54) is 33.9 Å². The van der Waals surface area contributed by atoms with Crippen LogP contribution in [-0.2, 0) is 0 Å². The molecule has 0 aromatic carbocycles. The SMILES string of the molecule is CC(C)C1=CCCSc2ccnc(C(C)C)c21. The number of fused-ring (bicyclic) bond motifs is 1. The van der Waals surface area contributed by atoms with E-state index >= 15 is 0 Å². The molecule has 0 atom stereocenters. The summed E-state index contributed by atoms with van der Waals surface area (Å²) in [6, 6.07) is 2.17. The molecule has 0 saturated carbocycles. The lowest BCUT2D eigenvalue weighted by atomic mass is 9.90. The quantitative estimate of drug-likeness (QED) is 0.748. The summed E-state index contributed by atoms with van der Waals surface area (Å²) in [6.45, 7) is 9.03. The van der Waals surface area contributed by atoms with Crippen LogP contribution in [0.3, 0.4) is 0 Å². The molecule has 0 spiro atoms. The molecule has 0 amide bonds. The van der Waals surface area contributed by atoms with Crippen LogP contribution in [0.4, 0.5) is 0 Å². The molecule has 1 aromatic heterocycles. The van der Waals surface area contributed by atoms with Crippen LogP contribution in [0.2, 0.25) is 0 Å². The van der Waals surface area contributed by atoms with Crippen LogP contribution >= 0.6 is 11.8 Å². The molecule has 0 aliphatic carbocycles. The Balaban J connectivity index is 2.61. The smallest absolute Gasteiger partial charge is 0.0515 e. The molecule has 17 heavy (non-hydrogen) atoms. The highest BCUT2D eigenvalue weighted by Gasteiger charge is 2.20. The standard InChI is InChI=1S/C15H21NS/c1-10(2)12-6-5-9-17-13-7-8-16-15(11(3)4)14(12)13/h6-8,10-11H,5,9H2,1-4H3. The van der Waals surface area contributed by atoms with Crippen molar-refractivity contribution in [3.8, 4) is 0 Å². The molecule has 2 rings (SSSR count). The van der Waals surface area contributed by atoms with Gasteiger partial charge in [0.15, 0.2) is 0 Å². The van der Waals surface area contributed by atoms with E-state index in [1.54, 1.807) is 0 Å². The van der Waals surface area contributed by atoms with Crippen LogP contribution in [0.5, 0.6) is 0 Å². The van der Waals surface area contributed by atoms with Gasteiger partial charge in [-0.05, 0) is 29.9 Å². The van der Waals surface area contributed by atoms with Crippen LogP contribution in [-0.4, -0.2) is 10.7 Å². The minimum absolute atomic E-state index is 0.491. The largest absolute Gasteiger partial charge is 0.260 e. The van der Waals surface area contributed by atoms with Crippen molar-refractivity contribution in [2.45, 2.75) is 44.9 Å². The lowest BCUT2D eigenvalue weighted by molar-refractivity contribution is 0.791. The Hall–Kier alpha value is -0.760. The average molecular weight is 247 g/mol. The highest BCUT2D eigenvalue weighted by atomic mass is 32.2. The van der Waals surface area contributed by atoms with E-state index < -0.39 is 0 Å². The topological polar surface area (TPSA) is 12.9 Å². The lowest BCUT2D eigenvalue weighted by Gasteiger charge is -2.19. The molecule has 2 heteroatoms. The van der Waals surface area contributed by atoms with Crippen LogP contribution in [0.25, 0.3) is 5.57 Å². The van der Waals surface area contributed by atoms with E-state index in [1.807, 2.05) is 18.0 Å². The number of pyridine rings is 1. The average Bonchev–Trinajstić information content (AvgIpc) is 2.50. The van der Waals surface area contributed by atoms with Gasteiger partial charge in [-0.2, -0.15) is 0 Å². The number of allylic oxidation sites excluding steroid dienone is 2. The summed E-state index contributed by atoms with van der Waals surface area (Å²) in [7, 11) is 0. The lowest BCUT2D eigenvalue weighted by Crippen LogP contribution is -2.04. The zero-order valence-electron chi connectivity index (χ0n) is 11.2. The first kappa shape index (κ1) is 12.7. The normalized spacial score (nSPS) is 15.8.